The highest BCUT2D eigenvalue weighted by molar-refractivity contribution is 5.52. The van der Waals surface area contributed by atoms with Gasteiger partial charge in [0.05, 0.1) is 17.6 Å². The van der Waals surface area contributed by atoms with Crippen molar-refractivity contribution in [1.82, 2.24) is 15.0 Å². The molecule has 15 heavy (non-hydrogen) atoms. The maximum absolute atomic E-state index is 9.74. The van der Waals surface area contributed by atoms with E-state index in [0.29, 0.717) is 5.82 Å². The van der Waals surface area contributed by atoms with Crippen molar-refractivity contribution in [1.29, 1.82) is 0 Å². The lowest BCUT2D eigenvalue weighted by Gasteiger charge is -2.12. The summed E-state index contributed by atoms with van der Waals surface area (Å²) in [6.07, 6.45) is 3.40. The van der Waals surface area contributed by atoms with Crippen LogP contribution in [0, 0.1) is 0 Å². The Hall–Kier alpha value is -1.68. The molecule has 0 amide bonds. The van der Waals surface area contributed by atoms with Gasteiger partial charge in [-0.05, 0) is 26.0 Å². The molecular weight excluding hydrogens is 190 g/mol. The van der Waals surface area contributed by atoms with Crippen LogP contribution in [-0.2, 0) is 5.60 Å². The maximum Gasteiger partial charge on any atom is 0.138 e. The zero-order chi connectivity index (χ0) is 10.9. The van der Waals surface area contributed by atoms with Crippen LogP contribution in [0.1, 0.15) is 19.7 Å². The molecule has 78 valence electrons. The molecule has 0 saturated heterocycles. The van der Waals surface area contributed by atoms with Crippen LogP contribution in [0.15, 0.2) is 30.6 Å². The van der Waals surface area contributed by atoms with Gasteiger partial charge in [-0.15, -0.1) is 0 Å². The number of hydrogen-bond acceptors (Lipinski definition) is 3. The molecule has 0 unspecified atom stereocenters. The molecule has 0 aromatic carbocycles. The van der Waals surface area contributed by atoms with Crippen molar-refractivity contribution in [2.75, 3.05) is 0 Å². The Kier molecular flexibility index (Phi) is 2.28. The molecule has 4 heteroatoms. The summed E-state index contributed by atoms with van der Waals surface area (Å²) in [6.45, 7) is 3.38. The van der Waals surface area contributed by atoms with Crippen LogP contribution in [0.2, 0.25) is 0 Å². The van der Waals surface area contributed by atoms with Gasteiger partial charge in [0.1, 0.15) is 11.4 Å². The standard InChI is InChI=1S/C11H13N3O/c1-11(2,15)10-13-7-9(14-10)8-5-3-4-6-12-8/h3-7,15H,1-2H3,(H,13,14). The normalized spacial score (nSPS) is 11.7. The summed E-state index contributed by atoms with van der Waals surface area (Å²) < 4.78 is 0. The van der Waals surface area contributed by atoms with Crippen molar-refractivity contribution in [2.24, 2.45) is 0 Å². The Balaban J connectivity index is 2.37. The fourth-order valence-corrected chi connectivity index (χ4v) is 1.28. The van der Waals surface area contributed by atoms with Crippen molar-refractivity contribution >= 4 is 0 Å². The Morgan fingerprint density at radius 2 is 2.07 bits per heavy atom. The molecule has 0 aliphatic heterocycles. The first kappa shape index (κ1) is 9.86. The molecule has 2 aromatic rings. The van der Waals surface area contributed by atoms with Crippen molar-refractivity contribution in [3.8, 4) is 11.4 Å². The average molecular weight is 203 g/mol. The molecule has 2 aromatic heterocycles. The first-order valence-electron chi connectivity index (χ1n) is 4.76. The Morgan fingerprint density at radius 3 is 2.60 bits per heavy atom. The molecule has 2 N–H and O–H groups in total. The monoisotopic (exact) mass is 203 g/mol. The summed E-state index contributed by atoms with van der Waals surface area (Å²) in [5, 5.41) is 9.74. The molecule has 0 aliphatic carbocycles. The Morgan fingerprint density at radius 1 is 1.27 bits per heavy atom. The molecule has 2 rings (SSSR count). The van der Waals surface area contributed by atoms with E-state index < -0.39 is 5.60 Å². The van der Waals surface area contributed by atoms with Crippen molar-refractivity contribution in [3.63, 3.8) is 0 Å². The lowest BCUT2D eigenvalue weighted by Crippen LogP contribution is -2.17. The third-order valence-electron chi connectivity index (χ3n) is 2.10. The van der Waals surface area contributed by atoms with Crippen molar-refractivity contribution in [2.45, 2.75) is 19.4 Å². The first-order chi connectivity index (χ1) is 7.07. The summed E-state index contributed by atoms with van der Waals surface area (Å²) in [4.78, 5) is 11.4. The predicted octanol–water partition coefficient (Wildman–Crippen LogP) is 1.70. The number of hydrogen-bond donors (Lipinski definition) is 2. The number of pyridine rings is 1. The second-order valence-corrected chi connectivity index (χ2v) is 3.92. The number of imidazole rings is 1. The van der Waals surface area contributed by atoms with Gasteiger partial charge in [0, 0.05) is 6.20 Å². The lowest BCUT2D eigenvalue weighted by atomic mass is 10.1. The number of nitrogens with zero attached hydrogens (tertiary/aromatic N) is 2. The zero-order valence-electron chi connectivity index (χ0n) is 8.73. The van der Waals surface area contributed by atoms with Crippen LogP contribution in [0.4, 0.5) is 0 Å². The molecule has 0 radical (unpaired) electrons. The maximum atomic E-state index is 9.74. The molecule has 0 fully saturated rings. The highest BCUT2D eigenvalue weighted by Gasteiger charge is 2.20. The largest absolute Gasteiger partial charge is 0.383 e. The van der Waals surface area contributed by atoms with E-state index >= 15 is 0 Å². The van der Waals surface area contributed by atoms with E-state index in [1.807, 2.05) is 18.2 Å². The van der Waals surface area contributed by atoms with Gasteiger partial charge in [-0.25, -0.2) is 4.98 Å². The molecule has 0 spiro atoms. The minimum Gasteiger partial charge on any atom is -0.383 e. The lowest BCUT2D eigenvalue weighted by molar-refractivity contribution is 0.0697. The van der Waals surface area contributed by atoms with Gasteiger partial charge in [-0.2, -0.15) is 0 Å². The van der Waals surface area contributed by atoms with Crippen LogP contribution in [0.5, 0.6) is 0 Å². The minimum atomic E-state index is -0.951. The number of aromatic nitrogens is 3. The van der Waals surface area contributed by atoms with Crippen LogP contribution < -0.4 is 0 Å². The highest BCUT2D eigenvalue weighted by atomic mass is 16.3. The second kappa shape index (κ2) is 3.47. The van der Waals surface area contributed by atoms with Gasteiger partial charge in [-0.3, -0.25) is 4.98 Å². The van der Waals surface area contributed by atoms with Gasteiger partial charge >= 0.3 is 0 Å². The molecule has 0 aliphatic rings. The van der Waals surface area contributed by atoms with Gasteiger partial charge in [-0.1, -0.05) is 6.07 Å². The third kappa shape index (κ3) is 2.05. The topological polar surface area (TPSA) is 61.8 Å². The highest BCUT2D eigenvalue weighted by Crippen LogP contribution is 2.20. The second-order valence-electron chi connectivity index (χ2n) is 3.92. The Labute approximate surface area is 88.0 Å². The third-order valence-corrected chi connectivity index (χ3v) is 2.10. The van der Waals surface area contributed by atoms with Crippen LogP contribution in [0.3, 0.4) is 0 Å². The molecule has 0 saturated carbocycles. The van der Waals surface area contributed by atoms with Crippen LogP contribution >= 0.6 is 0 Å². The molecule has 2 heterocycles. The summed E-state index contributed by atoms with van der Waals surface area (Å²) in [7, 11) is 0. The fraction of sp³-hybridized carbons (Fsp3) is 0.273. The summed E-state index contributed by atoms with van der Waals surface area (Å²) in [5.74, 6) is 0.545. The van der Waals surface area contributed by atoms with E-state index in [2.05, 4.69) is 15.0 Å². The SMILES string of the molecule is CC(C)(O)c1ncc(-c2ccccn2)[nH]1. The molecular formula is C11H13N3O. The van der Waals surface area contributed by atoms with E-state index in [1.54, 1.807) is 26.2 Å². The number of nitrogens with one attached hydrogen (secondary N) is 1. The minimum absolute atomic E-state index is 0.545. The summed E-state index contributed by atoms with van der Waals surface area (Å²) in [6, 6.07) is 5.66. The number of H-pyrrole nitrogens is 1. The van der Waals surface area contributed by atoms with Crippen molar-refractivity contribution in [3.05, 3.63) is 36.4 Å². The predicted molar refractivity (Wildman–Crippen MR) is 57.1 cm³/mol. The van der Waals surface area contributed by atoms with E-state index in [1.165, 1.54) is 0 Å². The molecule has 0 bridgehead atoms. The molecule has 0 atom stereocenters. The zero-order valence-corrected chi connectivity index (χ0v) is 8.73. The number of aliphatic hydroxyl groups is 1. The summed E-state index contributed by atoms with van der Waals surface area (Å²) in [5.41, 5.74) is 0.681. The fourth-order valence-electron chi connectivity index (χ4n) is 1.28. The first-order valence-corrected chi connectivity index (χ1v) is 4.76. The van der Waals surface area contributed by atoms with Crippen molar-refractivity contribution < 1.29 is 5.11 Å². The van der Waals surface area contributed by atoms with Gasteiger partial charge in [0.25, 0.3) is 0 Å². The Bertz CT molecular complexity index is 442. The van der Waals surface area contributed by atoms with Crippen LogP contribution in [0.25, 0.3) is 11.4 Å². The van der Waals surface area contributed by atoms with Gasteiger partial charge in [0.2, 0.25) is 0 Å². The number of aromatic amines is 1. The molecule has 4 nitrogen and oxygen atoms in total. The van der Waals surface area contributed by atoms with Crippen LogP contribution in [-0.4, -0.2) is 20.1 Å². The van der Waals surface area contributed by atoms with E-state index in [-0.39, 0.29) is 0 Å². The van der Waals surface area contributed by atoms with Gasteiger partial charge in [0.15, 0.2) is 0 Å². The average Bonchev–Trinajstić information content (AvgIpc) is 2.67. The van der Waals surface area contributed by atoms with E-state index in [0.717, 1.165) is 11.4 Å². The number of rotatable bonds is 2. The summed E-state index contributed by atoms with van der Waals surface area (Å²) >= 11 is 0. The van der Waals surface area contributed by atoms with E-state index in [4.69, 9.17) is 0 Å². The van der Waals surface area contributed by atoms with E-state index in [9.17, 15) is 5.11 Å². The van der Waals surface area contributed by atoms with Gasteiger partial charge < -0.3 is 10.1 Å². The smallest absolute Gasteiger partial charge is 0.138 e. The quantitative estimate of drug-likeness (QED) is 0.780.